The molecule has 0 radical (unpaired) electrons. The van der Waals surface area contributed by atoms with Crippen molar-refractivity contribution in [3.05, 3.63) is 47.5 Å². The van der Waals surface area contributed by atoms with Gasteiger partial charge in [0.2, 0.25) is 0 Å². The highest BCUT2D eigenvalue weighted by molar-refractivity contribution is 5.75. The molecule has 0 spiro atoms. The second-order valence-electron chi connectivity index (χ2n) is 9.28. The molecule has 0 unspecified atom stereocenters. The monoisotopic (exact) mass is 427 g/mol. The van der Waals surface area contributed by atoms with Crippen LogP contribution in [0.2, 0.25) is 0 Å². The zero-order valence-corrected chi connectivity index (χ0v) is 18.9. The number of aromatic nitrogens is 2. The van der Waals surface area contributed by atoms with E-state index in [2.05, 4.69) is 27.0 Å². The van der Waals surface area contributed by atoms with Gasteiger partial charge in [0.25, 0.3) is 0 Å². The fourth-order valence-corrected chi connectivity index (χ4v) is 4.22. The number of carboxylic acid groups (broad SMARTS) is 1. The van der Waals surface area contributed by atoms with Crippen LogP contribution in [0.4, 0.5) is 4.79 Å². The van der Waals surface area contributed by atoms with E-state index in [1.54, 1.807) is 0 Å². The number of rotatable bonds is 8. The first-order valence-electron chi connectivity index (χ1n) is 11.0. The minimum Gasteiger partial charge on any atom is -0.481 e. The summed E-state index contributed by atoms with van der Waals surface area (Å²) in [6.07, 6.45) is 5.01. The Morgan fingerprint density at radius 1 is 1.23 bits per heavy atom. The number of aryl methyl sites for hydroxylation is 1. The molecule has 1 aliphatic rings. The second kappa shape index (κ2) is 9.12. The number of hydrogen-bond acceptors (Lipinski definition) is 4. The Labute approximate surface area is 183 Å². The van der Waals surface area contributed by atoms with Crippen molar-refractivity contribution in [2.45, 2.75) is 71.8 Å². The lowest BCUT2D eigenvalue weighted by Crippen LogP contribution is -2.36. The van der Waals surface area contributed by atoms with Gasteiger partial charge in [-0.1, -0.05) is 25.1 Å². The summed E-state index contributed by atoms with van der Waals surface area (Å²) < 4.78 is 7.34. The molecular formula is C24H33N3O4. The number of ether oxygens (including phenoxy) is 1. The molecule has 2 N–H and O–H groups in total. The average molecular weight is 428 g/mol. The van der Waals surface area contributed by atoms with Crippen molar-refractivity contribution in [2.75, 3.05) is 6.54 Å². The number of para-hydroxylation sites is 1. The molecule has 7 heteroatoms. The maximum atomic E-state index is 12.3. The molecule has 1 aromatic heterocycles. The van der Waals surface area contributed by atoms with E-state index in [0.717, 1.165) is 29.9 Å². The smallest absolute Gasteiger partial charge is 0.407 e. The second-order valence-corrected chi connectivity index (χ2v) is 9.28. The summed E-state index contributed by atoms with van der Waals surface area (Å²) in [5.41, 5.74) is 2.90. The number of alkyl carbamates (subject to hydrolysis) is 1. The molecular weight excluding hydrogens is 394 g/mol. The number of carbonyl (C=O) groups is 2. The number of carboxylic acids is 1. The quantitative estimate of drug-likeness (QED) is 0.613. The minimum absolute atomic E-state index is 0.374. The van der Waals surface area contributed by atoms with Crippen molar-refractivity contribution in [2.24, 2.45) is 5.41 Å². The average Bonchev–Trinajstić information content (AvgIpc) is 3.12. The number of imidazole rings is 1. The van der Waals surface area contributed by atoms with E-state index in [4.69, 9.17) is 4.74 Å². The van der Waals surface area contributed by atoms with E-state index in [9.17, 15) is 14.7 Å². The SMILES string of the molecule is CC[C@@](CCCNC(=O)OC(C)(C)C)(Cc1ncn2c1CCc1ccccc1-2)C(=O)O. The Bertz CT molecular complexity index is 945. The maximum absolute atomic E-state index is 12.3. The lowest BCUT2D eigenvalue weighted by Gasteiger charge is -2.29. The van der Waals surface area contributed by atoms with Crippen molar-refractivity contribution in [1.82, 2.24) is 14.9 Å². The summed E-state index contributed by atoms with van der Waals surface area (Å²) in [5.74, 6) is -0.815. The summed E-state index contributed by atoms with van der Waals surface area (Å²) in [6, 6.07) is 8.26. The molecule has 0 saturated carbocycles. The molecule has 1 aromatic carbocycles. The summed E-state index contributed by atoms with van der Waals surface area (Å²) >= 11 is 0. The van der Waals surface area contributed by atoms with Gasteiger partial charge in [-0.25, -0.2) is 9.78 Å². The first-order chi connectivity index (χ1) is 14.6. The Morgan fingerprint density at radius 2 is 1.97 bits per heavy atom. The van der Waals surface area contributed by atoms with E-state index in [1.807, 2.05) is 46.2 Å². The molecule has 1 atom stereocenters. The normalized spacial score (nSPS) is 14.8. The largest absolute Gasteiger partial charge is 0.481 e. The zero-order chi connectivity index (χ0) is 22.6. The molecule has 0 saturated heterocycles. The third kappa shape index (κ3) is 5.27. The number of fused-ring (bicyclic) bond motifs is 3. The highest BCUT2D eigenvalue weighted by Gasteiger charge is 2.38. The molecule has 0 aliphatic carbocycles. The van der Waals surface area contributed by atoms with Gasteiger partial charge in [0.15, 0.2) is 0 Å². The van der Waals surface area contributed by atoms with Crippen molar-refractivity contribution in [3.63, 3.8) is 0 Å². The first-order valence-corrected chi connectivity index (χ1v) is 11.0. The standard InChI is InChI=1S/C24H33N3O4/c1-5-24(21(28)29,13-8-14-25-22(30)31-23(2,3)4)15-18-20-12-11-17-9-6-7-10-19(17)27(20)16-26-18/h6-7,9-10,16H,5,8,11-15H2,1-4H3,(H,25,30)(H,28,29)/t24-/m1/s1. The minimum atomic E-state index is -0.914. The van der Waals surface area contributed by atoms with Crippen molar-refractivity contribution < 1.29 is 19.4 Å². The van der Waals surface area contributed by atoms with Crippen LogP contribution in [-0.4, -0.2) is 38.9 Å². The number of benzene rings is 1. The first kappa shape index (κ1) is 22.8. The maximum Gasteiger partial charge on any atom is 0.407 e. The Kier molecular flexibility index (Phi) is 6.72. The predicted octanol–water partition coefficient (Wildman–Crippen LogP) is 4.30. The third-order valence-corrected chi connectivity index (χ3v) is 5.97. The number of hydrogen-bond donors (Lipinski definition) is 2. The molecule has 0 bridgehead atoms. The lowest BCUT2D eigenvalue weighted by molar-refractivity contribution is -0.149. The molecule has 2 heterocycles. The number of amides is 1. The van der Waals surface area contributed by atoms with E-state index < -0.39 is 23.1 Å². The van der Waals surface area contributed by atoms with Gasteiger partial charge in [0, 0.05) is 24.3 Å². The highest BCUT2D eigenvalue weighted by atomic mass is 16.6. The van der Waals surface area contributed by atoms with Gasteiger partial charge in [0.1, 0.15) is 5.60 Å². The number of aliphatic carboxylic acids is 1. The molecule has 2 aromatic rings. The van der Waals surface area contributed by atoms with Gasteiger partial charge in [-0.3, -0.25) is 4.79 Å². The Morgan fingerprint density at radius 3 is 2.65 bits per heavy atom. The predicted molar refractivity (Wildman–Crippen MR) is 119 cm³/mol. The van der Waals surface area contributed by atoms with E-state index in [1.165, 1.54) is 5.56 Å². The Hall–Kier alpha value is -2.83. The summed E-state index contributed by atoms with van der Waals surface area (Å²) in [6.45, 7) is 7.71. The van der Waals surface area contributed by atoms with Crippen LogP contribution in [0, 0.1) is 5.41 Å². The number of carbonyl (C=O) groups excluding carboxylic acids is 1. The summed E-state index contributed by atoms with van der Waals surface area (Å²) in [5, 5.41) is 12.8. The molecule has 168 valence electrons. The Balaban J connectivity index is 1.69. The van der Waals surface area contributed by atoms with Crippen LogP contribution < -0.4 is 5.32 Å². The van der Waals surface area contributed by atoms with E-state index in [-0.39, 0.29) is 0 Å². The van der Waals surface area contributed by atoms with Crippen molar-refractivity contribution >= 4 is 12.1 Å². The summed E-state index contributed by atoms with van der Waals surface area (Å²) in [4.78, 5) is 28.8. The van der Waals surface area contributed by atoms with Crippen LogP contribution in [-0.2, 0) is 28.8 Å². The van der Waals surface area contributed by atoms with Crippen LogP contribution in [0.1, 0.15) is 63.9 Å². The molecule has 7 nitrogen and oxygen atoms in total. The lowest BCUT2D eigenvalue weighted by atomic mass is 9.76. The van der Waals surface area contributed by atoms with Gasteiger partial charge >= 0.3 is 12.1 Å². The van der Waals surface area contributed by atoms with Gasteiger partial charge < -0.3 is 19.7 Å². The van der Waals surface area contributed by atoms with Gasteiger partial charge in [0.05, 0.1) is 17.4 Å². The van der Waals surface area contributed by atoms with Crippen LogP contribution in [0.25, 0.3) is 5.69 Å². The van der Waals surface area contributed by atoms with E-state index >= 15 is 0 Å². The highest BCUT2D eigenvalue weighted by Crippen LogP contribution is 2.35. The topological polar surface area (TPSA) is 93.5 Å². The van der Waals surface area contributed by atoms with Crippen LogP contribution in [0.5, 0.6) is 0 Å². The molecule has 0 fully saturated rings. The van der Waals surface area contributed by atoms with Gasteiger partial charge in [-0.15, -0.1) is 0 Å². The molecule has 1 amide bonds. The van der Waals surface area contributed by atoms with Crippen LogP contribution >= 0.6 is 0 Å². The third-order valence-electron chi connectivity index (χ3n) is 5.97. The van der Waals surface area contributed by atoms with Crippen molar-refractivity contribution in [3.8, 4) is 5.69 Å². The fraction of sp³-hybridized carbons (Fsp3) is 0.542. The van der Waals surface area contributed by atoms with E-state index in [0.29, 0.717) is 32.2 Å². The van der Waals surface area contributed by atoms with Crippen LogP contribution in [0.15, 0.2) is 30.6 Å². The van der Waals surface area contributed by atoms with Gasteiger partial charge in [-0.05, 0) is 64.5 Å². The molecule has 3 rings (SSSR count). The number of nitrogens with one attached hydrogen (secondary N) is 1. The molecule has 31 heavy (non-hydrogen) atoms. The van der Waals surface area contributed by atoms with Gasteiger partial charge in [-0.2, -0.15) is 0 Å². The van der Waals surface area contributed by atoms with Crippen molar-refractivity contribution in [1.29, 1.82) is 0 Å². The zero-order valence-electron chi connectivity index (χ0n) is 18.9. The van der Waals surface area contributed by atoms with Crippen LogP contribution in [0.3, 0.4) is 0 Å². The number of nitrogens with zero attached hydrogens (tertiary/aromatic N) is 2. The summed E-state index contributed by atoms with van der Waals surface area (Å²) in [7, 11) is 0. The fourth-order valence-electron chi connectivity index (χ4n) is 4.22. The molecule has 1 aliphatic heterocycles.